The Labute approximate surface area is 132 Å². The van der Waals surface area contributed by atoms with Gasteiger partial charge in [-0.15, -0.1) is 0 Å². The Balaban J connectivity index is 1.55. The number of oxime groups is 1. The van der Waals surface area contributed by atoms with Gasteiger partial charge in [-0.2, -0.15) is 0 Å². The minimum Gasteiger partial charge on any atom is -0.497 e. The number of ether oxygens (including phenoxy) is 1. The molecule has 1 aromatic carbocycles. The molecular formula is C19H25NO2. The van der Waals surface area contributed by atoms with Crippen molar-refractivity contribution in [1.82, 2.24) is 0 Å². The summed E-state index contributed by atoms with van der Waals surface area (Å²) in [4.78, 5) is 0. The van der Waals surface area contributed by atoms with E-state index in [1.807, 2.05) is 24.3 Å². The lowest BCUT2D eigenvalue weighted by Crippen LogP contribution is -2.46. The van der Waals surface area contributed by atoms with Crippen molar-refractivity contribution >= 4 is 5.71 Å². The van der Waals surface area contributed by atoms with E-state index in [0.717, 1.165) is 41.2 Å². The van der Waals surface area contributed by atoms with Gasteiger partial charge in [0.05, 0.1) is 12.8 Å². The third-order valence-corrected chi connectivity index (χ3v) is 6.25. The topological polar surface area (TPSA) is 41.8 Å². The van der Waals surface area contributed by atoms with E-state index in [1.165, 1.54) is 38.5 Å². The van der Waals surface area contributed by atoms with Gasteiger partial charge >= 0.3 is 0 Å². The first-order valence-corrected chi connectivity index (χ1v) is 8.55. The highest BCUT2D eigenvalue weighted by molar-refractivity contribution is 6.00. The molecule has 22 heavy (non-hydrogen) atoms. The molecule has 4 bridgehead atoms. The number of hydrogen-bond acceptors (Lipinski definition) is 3. The Morgan fingerprint density at radius 2 is 1.64 bits per heavy atom. The van der Waals surface area contributed by atoms with Gasteiger partial charge in [-0.1, -0.05) is 5.16 Å². The van der Waals surface area contributed by atoms with Gasteiger partial charge in [0.2, 0.25) is 0 Å². The number of hydrogen-bond donors (Lipinski definition) is 1. The Hall–Kier alpha value is -1.51. The molecule has 0 unspecified atom stereocenters. The highest BCUT2D eigenvalue weighted by atomic mass is 16.5. The van der Waals surface area contributed by atoms with Crippen LogP contribution >= 0.6 is 0 Å². The van der Waals surface area contributed by atoms with Crippen molar-refractivity contribution in [3.63, 3.8) is 0 Å². The maximum absolute atomic E-state index is 9.56. The molecule has 1 N–H and O–H groups in total. The maximum Gasteiger partial charge on any atom is 0.118 e. The van der Waals surface area contributed by atoms with Gasteiger partial charge in [-0.25, -0.2) is 0 Å². The van der Waals surface area contributed by atoms with Gasteiger partial charge in [0.15, 0.2) is 0 Å². The van der Waals surface area contributed by atoms with Crippen molar-refractivity contribution in [2.24, 2.45) is 28.3 Å². The lowest BCUT2D eigenvalue weighted by atomic mass is 9.48. The van der Waals surface area contributed by atoms with E-state index in [2.05, 4.69) is 5.16 Å². The molecule has 4 fully saturated rings. The van der Waals surface area contributed by atoms with Gasteiger partial charge < -0.3 is 9.94 Å². The first-order chi connectivity index (χ1) is 10.7. The zero-order valence-electron chi connectivity index (χ0n) is 13.3. The molecule has 5 rings (SSSR count). The fourth-order valence-corrected chi connectivity index (χ4v) is 5.84. The lowest BCUT2D eigenvalue weighted by molar-refractivity contribution is -0.0483. The summed E-state index contributed by atoms with van der Waals surface area (Å²) >= 11 is 0. The molecule has 118 valence electrons. The smallest absolute Gasteiger partial charge is 0.118 e. The Morgan fingerprint density at radius 3 is 2.09 bits per heavy atom. The molecule has 0 radical (unpaired) electrons. The average Bonchev–Trinajstić information content (AvgIpc) is 2.51. The van der Waals surface area contributed by atoms with Crippen LogP contribution in [-0.2, 0) is 0 Å². The van der Waals surface area contributed by atoms with E-state index in [4.69, 9.17) is 4.74 Å². The number of methoxy groups -OCH3 is 1. The van der Waals surface area contributed by atoms with Gasteiger partial charge in [0, 0.05) is 0 Å². The molecule has 3 heteroatoms. The SMILES string of the molecule is COc1ccc(/C(CC23CC4CC(CC(C4)C2)C3)=N/O)cc1. The monoisotopic (exact) mass is 299 g/mol. The van der Waals surface area contributed by atoms with E-state index in [-0.39, 0.29) is 0 Å². The van der Waals surface area contributed by atoms with Crippen molar-refractivity contribution in [3.05, 3.63) is 29.8 Å². The third-order valence-electron chi connectivity index (χ3n) is 6.25. The summed E-state index contributed by atoms with van der Waals surface area (Å²) in [5.74, 6) is 3.64. The molecular weight excluding hydrogens is 274 g/mol. The first kappa shape index (κ1) is 14.1. The molecule has 0 aliphatic heterocycles. The quantitative estimate of drug-likeness (QED) is 0.506. The summed E-state index contributed by atoms with van der Waals surface area (Å²) in [6, 6.07) is 7.91. The summed E-state index contributed by atoms with van der Waals surface area (Å²) in [6.07, 6.45) is 9.31. The first-order valence-electron chi connectivity index (χ1n) is 8.55. The largest absolute Gasteiger partial charge is 0.497 e. The molecule has 0 amide bonds. The van der Waals surface area contributed by atoms with Crippen LogP contribution in [0.3, 0.4) is 0 Å². The lowest BCUT2D eigenvalue weighted by Gasteiger charge is -2.57. The van der Waals surface area contributed by atoms with E-state index >= 15 is 0 Å². The predicted molar refractivity (Wildman–Crippen MR) is 86.5 cm³/mol. The molecule has 4 aliphatic carbocycles. The van der Waals surface area contributed by atoms with Crippen LogP contribution in [0.5, 0.6) is 5.75 Å². The third kappa shape index (κ3) is 2.41. The van der Waals surface area contributed by atoms with Gasteiger partial charge in [-0.3, -0.25) is 0 Å². The molecule has 0 saturated heterocycles. The minimum absolute atomic E-state index is 0.399. The Morgan fingerprint density at radius 1 is 1.09 bits per heavy atom. The highest BCUT2D eigenvalue weighted by Gasteiger charge is 2.51. The summed E-state index contributed by atoms with van der Waals surface area (Å²) in [6.45, 7) is 0. The molecule has 0 spiro atoms. The van der Waals surface area contributed by atoms with Crippen LogP contribution in [0.4, 0.5) is 0 Å². The minimum atomic E-state index is 0.399. The predicted octanol–water partition coefficient (Wildman–Crippen LogP) is 4.48. The van der Waals surface area contributed by atoms with Crippen LogP contribution in [0.25, 0.3) is 0 Å². The van der Waals surface area contributed by atoms with E-state index in [0.29, 0.717) is 5.41 Å². The molecule has 1 aromatic rings. The second kappa shape index (κ2) is 5.29. The Bertz CT molecular complexity index is 540. The maximum atomic E-state index is 9.56. The van der Waals surface area contributed by atoms with Crippen molar-refractivity contribution < 1.29 is 9.94 Å². The molecule has 3 nitrogen and oxygen atoms in total. The van der Waals surface area contributed by atoms with Crippen LogP contribution in [-0.4, -0.2) is 18.0 Å². The number of rotatable bonds is 4. The van der Waals surface area contributed by atoms with Crippen molar-refractivity contribution in [2.75, 3.05) is 7.11 Å². The molecule has 0 aromatic heterocycles. The molecule has 0 heterocycles. The van der Waals surface area contributed by atoms with Gasteiger partial charge in [0.25, 0.3) is 0 Å². The van der Waals surface area contributed by atoms with Crippen LogP contribution in [0.2, 0.25) is 0 Å². The summed E-state index contributed by atoms with van der Waals surface area (Å²) in [5.41, 5.74) is 2.28. The van der Waals surface area contributed by atoms with E-state index < -0.39 is 0 Å². The standard InChI is InChI=1S/C19H25NO2/c1-22-17-4-2-16(3-5-17)18(20-21)12-19-9-13-6-14(10-19)8-15(7-13)11-19/h2-5,13-15,21H,6-12H2,1H3/b20-18+. The second-order valence-corrected chi connectivity index (χ2v) is 7.87. The van der Waals surface area contributed by atoms with Crippen LogP contribution < -0.4 is 4.74 Å². The van der Waals surface area contributed by atoms with Crippen LogP contribution in [0.15, 0.2) is 29.4 Å². The number of nitrogens with zero attached hydrogens (tertiary/aromatic N) is 1. The van der Waals surface area contributed by atoms with Crippen LogP contribution in [0.1, 0.15) is 50.5 Å². The molecule has 4 saturated carbocycles. The average molecular weight is 299 g/mol. The zero-order chi connectivity index (χ0) is 15.2. The van der Waals surface area contributed by atoms with Crippen LogP contribution in [0, 0.1) is 23.2 Å². The summed E-state index contributed by atoms with van der Waals surface area (Å²) in [7, 11) is 1.67. The van der Waals surface area contributed by atoms with Crippen molar-refractivity contribution in [3.8, 4) is 5.75 Å². The normalized spacial score (nSPS) is 36.6. The fraction of sp³-hybridized carbons (Fsp3) is 0.632. The fourth-order valence-electron chi connectivity index (χ4n) is 5.84. The molecule has 0 atom stereocenters. The highest BCUT2D eigenvalue weighted by Crippen LogP contribution is 2.61. The second-order valence-electron chi connectivity index (χ2n) is 7.87. The van der Waals surface area contributed by atoms with E-state index in [1.54, 1.807) is 7.11 Å². The Kier molecular flexibility index (Phi) is 3.39. The molecule has 4 aliphatic rings. The number of benzene rings is 1. The van der Waals surface area contributed by atoms with E-state index in [9.17, 15) is 5.21 Å². The van der Waals surface area contributed by atoms with Gasteiger partial charge in [-0.05, 0) is 97.9 Å². The summed E-state index contributed by atoms with van der Waals surface area (Å²) < 4.78 is 5.21. The zero-order valence-corrected chi connectivity index (χ0v) is 13.3. The van der Waals surface area contributed by atoms with Crippen molar-refractivity contribution in [1.29, 1.82) is 0 Å². The van der Waals surface area contributed by atoms with Crippen molar-refractivity contribution in [2.45, 2.75) is 44.9 Å². The van der Waals surface area contributed by atoms with Gasteiger partial charge in [0.1, 0.15) is 5.75 Å². The summed E-state index contributed by atoms with van der Waals surface area (Å²) in [5, 5.41) is 13.2.